The smallest absolute Gasteiger partial charge is 0.0859 e. The predicted octanol–water partition coefficient (Wildman–Crippen LogP) is 6.13. The van der Waals surface area contributed by atoms with E-state index in [1.54, 1.807) is 5.19 Å². The summed E-state index contributed by atoms with van der Waals surface area (Å²) in [4.78, 5) is 4.54. The molecule has 128 valence electrons. The Morgan fingerprint density at radius 2 is 1.32 bits per heavy atom. The molecule has 3 aromatic rings. The van der Waals surface area contributed by atoms with Crippen molar-refractivity contribution in [1.82, 2.24) is 4.98 Å². The van der Waals surface area contributed by atoms with Crippen LogP contribution in [0.2, 0.25) is 18.1 Å². The Hall–Kier alpha value is -2.19. The van der Waals surface area contributed by atoms with E-state index in [1.165, 1.54) is 29.3 Å². The zero-order valence-electron chi connectivity index (χ0n) is 15.5. The summed E-state index contributed by atoms with van der Waals surface area (Å²) < 4.78 is 0. The Balaban J connectivity index is 1.93. The summed E-state index contributed by atoms with van der Waals surface area (Å²) in [6, 6.07) is 28.0. The molecule has 3 rings (SSSR count). The Bertz CT molecular complexity index is 797. The third kappa shape index (κ3) is 3.59. The number of aromatic nitrogens is 1. The minimum Gasteiger partial charge on any atom is -0.256 e. The van der Waals surface area contributed by atoms with Crippen LogP contribution in [0, 0.1) is 0 Å². The molecule has 0 amide bonds. The number of rotatable bonds is 6. The van der Waals surface area contributed by atoms with Gasteiger partial charge in [0.15, 0.2) is 0 Å². The molecular formula is C23H27NSi. The first-order valence-electron chi connectivity index (χ1n) is 9.35. The summed E-state index contributed by atoms with van der Waals surface area (Å²) in [7, 11) is -1.29. The van der Waals surface area contributed by atoms with E-state index in [1.807, 2.05) is 12.3 Å². The van der Waals surface area contributed by atoms with Gasteiger partial charge >= 0.3 is 0 Å². The molecule has 0 radical (unpaired) electrons. The van der Waals surface area contributed by atoms with E-state index in [2.05, 4.69) is 86.4 Å². The van der Waals surface area contributed by atoms with E-state index in [9.17, 15) is 0 Å². The van der Waals surface area contributed by atoms with Crippen LogP contribution in [0.25, 0.3) is 22.4 Å². The van der Waals surface area contributed by atoms with Crippen LogP contribution in [-0.4, -0.2) is 13.1 Å². The molecule has 0 unspecified atom stereocenters. The minimum absolute atomic E-state index is 1.03. The van der Waals surface area contributed by atoms with E-state index in [0.29, 0.717) is 0 Å². The van der Waals surface area contributed by atoms with Crippen molar-refractivity contribution >= 4 is 13.3 Å². The highest BCUT2D eigenvalue weighted by molar-refractivity contribution is 6.91. The maximum Gasteiger partial charge on any atom is 0.0859 e. The summed E-state index contributed by atoms with van der Waals surface area (Å²) in [6.45, 7) is 7.09. The van der Waals surface area contributed by atoms with Crippen molar-refractivity contribution in [1.29, 1.82) is 0 Å². The van der Waals surface area contributed by atoms with Gasteiger partial charge in [-0.3, -0.25) is 4.98 Å². The molecule has 0 aliphatic rings. The maximum absolute atomic E-state index is 4.54. The van der Waals surface area contributed by atoms with E-state index >= 15 is 0 Å². The van der Waals surface area contributed by atoms with Gasteiger partial charge in [-0.25, -0.2) is 0 Å². The molecule has 0 fully saturated rings. The van der Waals surface area contributed by atoms with Gasteiger partial charge in [0.2, 0.25) is 0 Å². The summed E-state index contributed by atoms with van der Waals surface area (Å²) in [6.07, 6.45) is 1.91. The van der Waals surface area contributed by atoms with Gasteiger partial charge in [-0.05, 0) is 23.3 Å². The fourth-order valence-corrected chi connectivity index (χ4v) is 7.35. The Morgan fingerprint density at radius 1 is 0.680 bits per heavy atom. The van der Waals surface area contributed by atoms with Gasteiger partial charge in [0, 0.05) is 11.8 Å². The molecule has 0 aliphatic heterocycles. The molecule has 0 N–H and O–H groups in total. The maximum atomic E-state index is 4.54. The van der Waals surface area contributed by atoms with E-state index < -0.39 is 8.07 Å². The molecule has 0 bridgehead atoms. The molecule has 0 spiro atoms. The third-order valence-electron chi connectivity index (χ3n) is 5.69. The molecule has 1 aromatic heterocycles. The molecule has 25 heavy (non-hydrogen) atoms. The standard InChI is InChI=1S/C23H27NSi/c1-4-25(5-2,6-3)22-14-12-19(13-15-22)21-16-17-24-23(18-21)20-10-8-7-9-11-20/h7-18H,4-6H2,1-3H3. The number of pyridine rings is 1. The van der Waals surface area contributed by atoms with Gasteiger partial charge in [0.1, 0.15) is 0 Å². The van der Waals surface area contributed by atoms with Crippen LogP contribution in [-0.2, 0) is 0 Å². The summed E-state index contributed by atoms with van der Waals surface area (Å²) in [5, 5.41) is 1.60. The summed E-state index contributed by atoms with van der Waals surface area (Å²) in [5.74, 6) is 0. The largest absolute Gasteiger partial charge is 0.256 e. The van der Waals surface area contributed by atoms with Gasteiger partial charge < -0.3 is 0 Å². The van der Waals surface area contributed by atoms with Crippen LogP contribution in [0.4, 0.5) is 0 Å². The van der Waals surface area contributed by atoms with Crippen molar-refractivity contribution in [3.63, 3.8) is 0 Å². The minimum atomic E-state index is -1.29. The summed E-state index contributed by atoms with van der Waals surface area (Å²) >= 11 is 0. The lowest BCUT2D eigenvalue weighted by Crippen LogP contribution is -2.45. The fourth-order valence-electron chi connectivity index (χ4n) is 3.76. The molecule has 0 saturated carbocycles. The average Bonchev–Trinajstić information content (AvgIpc) is 2.71. The van der Waals surface area contributed by atoms with Crippen LogP contribution >= 0.6 is 0 Å². The van der Waals surface area contributed by atoms with Gasteiger partial charge in [-0.2, -0.15) is 0 Å². The molecule has 0 atom stereocenters. The third-order valence-corrected chi connectivity index (χ3v) is 11.3. The lowest BCUT2D eigenvalue weighted by molar-refractivity contribution is 1.19. The highest BCUT2D eigenvalue weighted by Gasteiger charge is 2.28. The summed E-state index contributed by atoms with van der Waals surface area (Å²) in [5.41, 5.74) is 4.70. The topological polar surface area (TPSA) is 12.9 Å². The molecule has 1 heterocycles. The zero-order chi connectivity index (χ0) is 17.7. The normalized spacial score (nSPS) is 11.5. The highest BCUT2D eigenvalue weighted by Crippen LogP contribution is 2.26. The Labute approximate surface area is 152 Å². The van der Waals surface area contributed by atoms with Crippen LogP contribution in [0.3, 0.4) is 0 Å². The first kappa shape index (κ1) is 17.6. The van der Waals surface area contributed by atoms with Crippen molar-refractivity contribution in [2.75, 3.05) is 0 Å². The molecule has 1 nitrogen and oxygen atoms in total. The monoisotopic (exact) mass is 345 g/mol. The van der Waals surface area contributed by atoms with Gasteiger partial charge in [-0.15, -0.1) is 0 Å². The average molecular weight is 346 g/mol. The number of hydrogen-bond acceptors (Lipinski definition) is 1. The van der Waals surface area contributed by atoms with Crippen molar-refractivity contribution in [2.45, 2.75) is 38.9 Å². The lowest BCUT2D eigenvalue weighted by Gasteiger charge is -2.28. The highest BCUT2D eigenvalue weighted by atomic mass is 28.3. The molecule has 0 saturated heterocycles. The second-order valence-corrected chi connectivity index (χ2v) is 12.0. The van der Waals surface area contributed by atoms with Crippen molar-refractivity contribution in [3.8, 4) is 22.4 Å². The van der Waals surface area contributed by atoms with Crippen LogP contribution in [0.5, 0.6) is 0 Å². The predicted molar refractivity (Wildman–Crippen MR) is 112 cm³/mol. The SMILES string of the molecule is CC[Si](CC)(CC)c1ccc(-c2ccnc(-c3ccccc3)c2)cc1. The second kappa shape index (κ2) is 7.79. The van der Waals surface area contributed by atoms with E-state index in [0.717, 1.165) is 11.3 Å². The van der Waals surface area contributed by atoms with Gasteiger partial charge in [-0.1, -0.05) is 98.7 Å². The molecule has 2 aromatic carbocycles. The van der Waals surface area contributed by atoms with Crippen LogP contribution in [0.1, 0.15) is 20.8 Å². The Kier molecular flexibility index (Phi) is 5.49. The van der Waals surface area contributed by atoms with Crippen molar-refractivity contribution in [3.05, 3.63) is 72.9 Å². The zero-order valence-corrected chi connectivity index (χ0v) is 16.5. The van der Waals surface area contributed by atoms with E-state index in [-0.39, 0.29) is 0 Å². The van der Waals surface area contributed by atoms with Crippen molar-refractivity contribution in [2.24, 2.45) is 0 Å². The molecular weight excluding hydrogens is 318 g/mol. The fraction of sp³-hybridized carbons (Fsp3) is 0.261. The number of hydrogen-bond donors (Lipinski definition) is 0. The number of benzene rings is 2. The molecule has 2 heteroatoms. The lowest BCUT2D eigenvalue weighted by atomic mass is 10.0. The number of nitrogens with zero attached hydrogens (tertiary/aromatic N) is 1. The quantitative estimate of drug-likeness (QED) is 0.490. The van der Waals surface area contributed by atoms with Gasteiger partial charge in [0.05, 0.1) is 13.8 Å². The first-order chi connectivity index (χ1) is 12.2. The second-order valence-electron chi connectivity index (χ2n) is 6.71. The van der Waals surface area contributed by atoms with E-state index in [4.69, 9.17) is 0 Å². The van der Waals surface area contributed by atoms with Crippen LogP contribution < -0.4 is 5.19 Å². The first-order valence-corrected chi connectivity index (χ1v) is 12.0. The molecule has 0 aliphatic carbocycles. The van der Waals surface area contributed by atoms with Gasteiger partial charge in [0.25, 0.3) is 0 Å². The Morgan fingerprint density at radius 3 is 1.92 bits per heavy atom. The van der Waals surface area contributed by atoms with Crippen molar-refractivity contribution < 1.29 is 0 Å². The van der Waals surface area contributed by atoms with Crippen LogP contribution in [0.15, 0.2) is 72.9 Å².